The molecule has 1 saturated carbocycles. The molecule has 2 aliphatic rings. The van der Waals surface area contributed by atoms with E-state index in [0.717, 1.165) is 54.4 Å². The van der Waals surface area contributed by atoms with E-state index in [1.807, 2.05) is 36.4 Å². The first-order chi connectivity index (χ1) is 15.5. The van der Waals surface area contributed by atoms with E-state index in [4.69, 9.17) is 21.1 Å². The Morgan fingerprint density at radius 3 is 2.41 bits per heavy atom. The van der Waals surface area contributed by atoms with Crippen molar-refractivity contribution >= 4 is 17.6 Å². The molecule has 0 radical (unpaired) electrons. The average Bonchev–Trinajstić information content (AvgIpc) is 3.23. The summed E-state index contributed by atoms with van der Waals surface area (Å²) in [5.74, 6) is 1.35. The average molecular weight is 459 g/mol. The molecule has 0 bridgehead atoms. The smallest absolute Gasteiger partial charge is 0.333 e. The molecule has 6 nitrogen and oxygen atoms in total. The van der Waals surface area contributed by atoms with Crippen LogP contribution >= 0.6 is 11.6 Å². The molecule has 1 heterocycles. The third kappa shape index (κ3) is 6.01. The zero-order valence-corrected chi connectivity index (χ0v) is 19.1. The Kier molecular flexibility index (Phi) is 7.68. The lowest BCUT2D eigenvalue weighted by Crippen LogP contribution is -2.33. The number of piperidine rings is 1. The number of halogens is 1. The van der Waals surface area contributed by atoms with E-state index >= 15 is 0 Å². The summed E-state index contributed by atoms with van der Waals surface area (Å²) in [6.07, 6.45) is -0.458. The summed E-state index contributed by atoms with van der Waals surface area (Å²) in [7, 11) is 0. The van der Waals surface area contributed by atoms with Crippen molar-refractivity contribution in [2.24, 2.45) is 11.8 Å². The van der Waals surface area contributed by atoms with Crippen molar-refractivity contribution in [3.05, 3.63) is 64.7 Å². The third-order valence-corrected chi connectivity index (χ3v) is 6.58. The lowest BCUT2D eigenvalue weighted by Gasteiger charge is -2.20. The number of hydrogen-bond acceptors (Lipinski definition) is 5. The van der Waals surface area contributed by atoms with Crippen LogP contribution in [-0.4, -0.2) is 61.0 Å². The largest absolute Gasteiger partial charge is 0.492 e. The van der Waals surface area contributed by atoms with Crippen molar-refractivity contribution in [3.63, 3.8) is 0 Å². The standard InChI is InChI=1S/C25H31ClN2O4/c1-2-31-23(25(29)30)13-17-5-9-20(10-6-17)32-12-11-27-24-21-15-28(16-22(21)24)14-18-3-7-19(26)8-4-18/h3-10,21-24,27H,2,11-16H2,1H3,(H,29,30)/t21-,22?,23-,24?/m0/s1. The molecule has 2 unspecified atom stereocenters. The van der Waals surface area contributed by atoms with Crippen molar-refractivity contribution in [2.75, 3.05) is 32.8 Å². The predicted octanol–water partition coefficient (Wildman–Crippen LogP) is 3.47. The van der Waals surface area contributed by atoms with Gasteiger partial charge in [-0.15, -0.1) is 0 Å². The van der Waals surface area contributed by atoms with Gasteiger partial charge in [-0.05, 0) is 54.2 Å². The molecule has 32 heavy (non-hydrogen) atoms. The van der Waals surface area contributed by atoms with Crippen LogP contribution in [0.1, 0.15) is 18.1 Å². The molecule has 2 N–H and O–H groups in total. The molecule has 1 saturated heterocycles. The van der Waals surface area contributed by atoms with E-state index in [-0.39, 0.29) is 0 Å². The molecule has 7 heteroatoms. The van der Waals surface area contributed by atoms with Crippen molar-refractivity contribution < 1.29 is 19.4 Å². The van der Waals surface area contributed by atoms with Crippen LogP contribution in [0.4, 0.5) is 0 Å². The number of fused-ring (bicyclic) bond motifs is 1. The summed E-state index contributed by atoms with van der Waals surface area (Å²) < 4.78 is 11.1. The molecular formula is C25H31ClN2O4. The third-order valence-electron chi connectivity index (χ3n) is 6.33. The highest BCUT2D eigenvalue weighted by Crippen LogP contribution is 2.45. The molecule has 1 aliphatic carbocycles. The van der Waals surface area contributed by atoms with Crippen LogP contribution in [0, 0.1) is 11.8 Å². The lowest BCUT2D eigenvalue weighted by atomic mass is 10.1. The number of carboxylic acid groups (broad SMARTS) is 1. The Morgan fingerprint density at radius 2 is 1.78 bits per heavy atom. The molecule has 2 aromatic carbocycles. The Hall–Kier alpha value is -2.12. The Bertz CT molecular complexity index is 878. The van der Waals surface area contributed by atoms with Crippen LogP contribution in [0.2, 0.25) is 5.02 Å². The maximum atomic E-state index is 11.2. The molecule has 2 aromatic rings. The minimum absolute atomic E-state index is 0.352. The van der Waals surface area contributed by atoms with E-state index in [1.54, 1.807) is 6.92 Å². The van der Waals surface area contributed by atoms with Crippen molar-refractivity contribution in [1.82, 2.24) is 10.2 Å². The SMILES string of the molecule is CCO[C@@H](Cc1ccc(OCCNC2C3CN(Cc4ccc(Cl)cc4)C[C@@H]32)cc1)C(=O)O. The van der Waals surface area contributed by atoms with Crippen LogP contribution in [0.5, 0.6) is 5.75 Å². The van der Waals surface area contributed by atoms with E-state index in [1.165, 1.54) is 5.56 Å². The van der Waals surface area contributed by atoms with Gasteiger partial charge in [-0.3, -0.25) is 4.90 Å². The molecule has 172 valence electrons. The second-order valence-electron chi connectivity index (χ2n) is 8.61. The number of nitrogens with zero attached hydrogens (tertiary/aromatic N) is 1. The van der Waals surface area contributed by atoms with Crippen LogP contribution in [-0.2, 0) is 22.5 Å². The maximum Gasteiger partial charge on any atom is 0.333 e. The monoisotopic (exact) mass is 458 g/mol. The van der Waals surface area contributed by atoms with Gasteiger partial charge in [0.2, 0.25) is 0 Å². The number of rotatable bonds is 12. The van der Waals surface area contributed by atoms with Gasteiger partial charge >= 0.3 is 5.97 Å². The summed E-state index contributed by atoms with van der Waals surface area (Å²) in [6.45, 7) is 6.90. The van der Waals surface area contributed by atoms with Gasteiger partial charge in [0.1, 0.15) is 12.4 Å². The number of carboxylic acids is 1. The van der Waals surface area contributed by atoms with Gasteiger partial charge in [0.25, 0.3) is 0 Å². The second-order valence-corrected chi connectivity index (χ2v) is 9.04. The second kappa shape index (κ2) is 10.7. The quantitative estimate of drug-likeness (QED) is 0.474. The summed E-state index contributed by atoms with van der Waals surface area (Å²) in [4.78, 5) is 13.7. The number of likely N-dealkylation sites (tertiary alicyclic amines) is 1. The Morgan fingerprint density at radius 1 is 1.12 bits per heavy atom. The van der Waals surface area contributed by atoms with Crippen LogP contribution in [0.3, 0.4) is 0 Å². The minimum atomic E-state index is -0.934. The normalized spacial score (nSPS) is 23.0. The van der Waals surface area contributed by atoms with Gasteiger partial charge in [0.15, 0.2) is 6.10 Å². The summed E-state index contributed by atoms with van der Waals surface area (Å²) >= 11 is 5.97. The molecule has 0 amide bonds. The minimum Gasteiger partial charge on any atom is -0.492 e. The number of carbonyl (C=O) groups is 1. The number of ether oxygens (including phenoxy) is 2. The fourth-order valence-electron chi connectivity index (χ4n) is 4.64. The van der Waals surface area contributed by atoms with Crippen molar-refractivity contribution in [2.45, 2.75) is 32.0 Å². The number of nitrogens with one attached hydrogen (secondary N) is 1. The topological polar surface area (TPSA) is 71.0 Å². The van der Waals surface area contributed by atoms with Gasteiger partial charge < -0.3 is 19.9 Å². The molecule has 4 atom stereocenters. The summed E-state index contributed by atoms with van der Waals surface area (Å²) in [5.41, 5.74) is 2.24. The maximum absolute atomic E-state index is 11.2. The van der Waals surface area contributed by atoms with E-state index < -0.39 is 12.1 Å². The summed E-state index contributed by atoms with van der Waals surface area (Å²) in [5, 5.41) is 13.6. The number of hydrogen-bond donors (Lipinski definition) is 2. The van der Waals surface area contributed by atoms with Gasteiger partial charge in [0.05, 0.1) is 0 Å². The Labute approximate surface area is 194 Å². The van der Waals surface area contributed by atoms with Crippen LogP contribution in [0.25, 0.3) is 0 Å². The van der Waals surface area contributed by atoms with Gasteiger partial charge in [0, 0.05) is 50.3 Å². The molecular weight excluding hydrogens is 428 g/mol. The zero-order valence-electron chi connectivity index (χ0n) is 18.4. The molecule has 1 aliphatic heterocycles. The molecule has 4 rings (SSSR count). The predicted molar refractivity (Wildman–Crippen MR) is 124 cm³/mol. The van der Waals surface area contributed by atoms with Gasteiger partial charge in [-0.25, -0.2) is 4.79 Å². The van der Waals surface area contributed by atoms with Crippen LogP contribution < -0.4 is 10.1 Å². The first-order valence-electron chi connectivity index (χ1n) is 11.3. The Balaban J connectivity index is 1.11. The van der Waals surface area contributed by atoms with E-state index in [0.29, 0.717) is 25.7 Å². The van der Waals surface area contributed by atoms with Crippen molar-refractivity contribution in [1.29, 1.82) is 0 Å². The molecule has 0 spiro atoms. The first kappa shape index (κ1) is 23.1. The highest BCUT2D eigenvalue weighted by atomic mass is 35.5. The van der Waals surface area contributed by atoms with Gasteiger partial charge in [-0.2, -0.15) is 0 Å². The molecule has 0 aromatic heterocycles. The van der Waals surface area contributed by atoms with Crippen molar-refractivity contribution in [3.8, 4) is 5.75 Å². The number of benzene rings is 2. The summed E-state index contributed by atoms with van der Waals surface area (Å²) in [6, 6.07) is 16.3. The lowest BCUT2D eigenvalue weighted by molar-refractivity contribution is -0.149. The number of aliphatic carboxylic acids is 1. The fourth-order valence-corrected chi connectivity index (χ4v) is 4.77. The molecule has 2 fully saturated rings. The highest BCUT2D eigenvalue weighted by molar-refractivity contribution is 6.30. The van der Waals surface area contributed by atoms with Gasteiger partial charge in [-0.1, -0.05) is 35.9 Å². The fraction of sp³-hybridized carbons (Fsp3) is 0.480. The van der Waals surface area contributed by atoms with Crippen LogP contribution in [0.15, 0.2) is 48.5 Å². The van der Waals surface area contributed by atoms with E-state index in [9.17, 15) is 9.90 Å². The first-order valence-corrected chi connectivity index (χ1v) is 11.7. The highest BCUT2D eigenvalue weighted by Gasteiger charge is 2.55. The zero-order chi connectivity index (χ0) is 22.5. The van der Waals surface area contributed by atoms with E-state index in [2.05, 4.69) is 22.3 Å².